The molecule has 9 heteroatoms. The van der Waals surface area contributed by atoms with Crippen molar-refractivity contribution in [1.29, 1.82) is 0 Å². The molecule has 3 aromatic rings. The van der Waals surface area contributed by atoms with Crippen LogP contribution in [0.4, 0.5) is 23.2 Å². The first-order chi connectivity index (χ1) is 13.2. The van der Waals surface area contributed by atoms with E-state index in [4.69, 9.17) is 16.3 Å². The van der Waals surface area contributed by atoms with Crippen molar-refractivity contribution in [3.05, 3.63) is 82.8 Å². The summed E-state index contributed by atoms with van der Waals surface area (Å²) in [6.07, 6.45) is -3.21. The van der Waals surface area contributed by atoms with Crippen molar-refractivity contribution in [2.75, 3.05) is 5.32 Å². The van der Waals surface area contributed by atoms with E-state index in [0.29, 0.717) is 0 Å². The van der Waals surface area contributed by atoms with E-state index in [1.165, 1.54) is 42.6 Å². The van der Waals surface area contributed by atoms with Gasteiger partial charge in [-0.15, -0.1) is 0 Å². The topological polar surface area (TPSA) is 51.2 Å². The van der Waals surface area contributed by atoms with E-state index in [-0.39, 0.29) is 27.9 Å². The van der Waals surface area contributed by atoms with Gasteiger partial charge in [-0.25, -0.2) is 9.37 Å². The smallest absolute Gasteiger partial charge is 0.416 e. The van der Waals surface area contributed by atoms with Crippen molar-refractivity contribution in [2.24, 2.45) is 0 Å². The molecule has 1 heterocycles. The van der Waals surface area contributed by atoms with Crippen molar-refractivity contribution in [3.8, 4) is 11.6 Å². The van der Waals surface area contributed by atoms with Gasteiger partial charge in [-0.05, 0) is 48.5 Å². The molecule has 0 aliphatic rings. The van der Waals surface area contributed by atoms with E-state index < -0.39 is 23.5 Å². The summed E-state index contributed by atoms with van der Waals surface area (Å²) in [5.41, 5.74) is -0.696. The number of amides is 1. The summed E-state index contributed by atoms with van der Waals surface area (Å²) in [6, 6.07) is 10.7. The highest BCUT2D eigenvalue weighted by molar-refractivity contribution is 6.31. The van der Waals surface area contributed by atoms with Crippen molar-refractivity contribution in [1.82, 2.24) is 4.98 Å². The van der Waals surface area contributed by atoms with Gasteiger partial charge in [0.1, 0.15) is 17.1 Å². The Labute approximate surface area is 161 Å². The van der Waals surface area contributed by atoms with Crippen LogP contribution in [0.2, 0.25) is 5.02 Å². The average Bonchev–Trinajstić information content (AvgIpc) is 2.65. The minimum atomic E-state index is -4.54. The minimum Gasteiger partial charge on any atom is -0.438 e. The number of benzene rings is 2. The van der Waals surface area contributed by atoms with Crippen LogP contribution in [0.1, 0.15) is 15.9 Å². The molecule has 3 rings (SSSR count). The van der Waals surface area contributed by atoms with Gasteiger partial charge in [-0.1, -0.05) is 17.7 Å². The summed E-state index contributed by atoms with van der Waals surface area (Å²) in [4.78, 5) is 16.4. The number of anilines is 1. The first-order valence-electron chi connectivity index (χ1n) is 7.80. The van der Waals surface area contributed by atoms with Gasteiger partial charge in [-0.2, -0.15) is 13.2 Å². The fraction of sp³-hybridized carbons (Fsp3) is 0.0526. The van der Waals surface area contributed by atoms with Gasteiger partial charge in [0.15, 0.2) is 0 Å². The summed E-state index contributed by atoms with van der Waals surface area (Å²) in [5.74, 6) is -1.62. The third-order valence-electron chi connectivity index (χ3n) is 3.57. The van der Waals surface area contributed by atoms with Crippen LogP contribution in [-0.2, 0) is 6.18 Å². The van der Waals surface area contributed by atoms with Crippen molar-refractivity contribution in [3.63, 3.8) is 0 Å². The molecule has 0 radical (unpaired) electrons. The highest BCUT2D eigenvalue weighted by atomic mass is 35.5. The molecule has 0 saturated heterocycles. The molecular formula is C19H11ClF4N2O2. The maximum absolute atomic E-state index is 13.2. The summed E-state index contributed by atoms with van der Waals surface area (Å²) >= 11 is 5.68. The Morgan fingerprint density at radius 1 is 1.07 bits per heavy atom. The van der Waals surface area contributed by atoms with E-state index in [9.17, 15) is 22.4 Å². The Bertz CT molecular complexity index is 1020. The van der Waals surface area contributed by atoms with E-state index >= 15 is 0 Å². The lowest BCUT2D eigenvalue weighted by Crippen LogP contribution is -2.13. The monoisotopic (exact) mass is 410 g/mol. The van der Waals surface area contributed by atoms with Gasteiger partial charge in [0.05, 0.1) is 10.6 Å². The van der Waals surface area contributed by atoms with Crippen LogP contribution in [-0.4, -0.2) is 10.9 Å². The largest absolute Gasteiger partial charge is 0.438 e. The van der Waals surface area contributed by atoms with Gasteiger partial charge < -0.3 is 10.1 Å². The fourth-order valence-corrected chi connectivity index (χ4v) is 2.45. The quantitative estimate of drug-likeness (QED) is 0.542. The van der Waals surface area contributed by atoms with Crippen LogP contribution >= 0.6 is 11.6 Å². The first kappa shape index (κ1) is 19.6. The van der Waals surface area contributed by atoms with Gasteiger partial charge >= 0.3 is 6.18 Å². The lowest BCUT2D eigenvalue weighted by molar-refractivity contribution is -0.137. The number of nitrogens with one attached hydrogen (secondary N) is 1. The Hall–Kier alpha value is -3.13. The fourth-order valence-electron chi connectivity index (χ4n) is 2.26. The molecule has 0 unspecified atom stereocenters. The molecule has 1 amide bonds. The molecule has 0 aliphatic carbocycles. The molecule has 4 nitrogen and oxygen atoms in total. The van der Waals surface area contributed by atoms with E-state index in [2.05, 4.69) is 10.3 Å². The predicted molar refractivity (Wildman–Crippen MR) is 95.1 cm³/mol. The number of hydrogen-bond acceptors (Lipinski definition) is 3. The van der Waals surface area contributed by atoms with Crippen LogP contribution in [0.5, 0.6) is 11.6 Å². The second-order valence-electron chi connectivity index (χ2n) is 5.57. The zero-order chi connectivity index (χ0) is 20.3. The Balaban J connectivity index is 1.85. The number of aromatic nitrogens is 1. The number of hydrogen-bond donors (Lipinski definition) is 1. The van der Waals surface area contributed by atoms with Gasteiger partial charge in [-0.3, -0.25) is 4.79 Å². The normalized spacial score (nSPS) is 11.2. The number of alkyl halides is 3. The van der Waals surface area contributed by atoms with Gasteiger partial charge in [0.25, 0.3) is 5.91 Å². The number of rotatable bonds is 4. The molecule has 144 valence electrons. The summed E-state index contributed by atoms with van der Waals surface area (Å²) in [7, 11) is 0. The number of ether oxygens (including phenoxy) is 1. The van der Waals surface area contributed by atoms with Crippen molar-refractivity contribution >= 4 is 23.2 Å². The molecule has 1 N–H and O–H groups in total. The zero-order valence-corrected chi connectivity index (χ0v) is 14.7. The summed E-state index contributed by atoms with van der Waals surface area (Å²) < 4.78 is 57.2. The average molecular weight is 411 g/mol. The number of nitrogens with zero attached hydrogens (tertiary/aromatic N) is 1. The number of halogens is 5. The number of carbonyl (C=O) groups is 1. The molecule has 0 atom stereocenters. The van der Waals surface area contributed by atoms with Crippen LogP contribution in [0, 0.1) is 5.82 Å². The maximum Gasteiger partial charge on any atom is 0.416 e. The third kappa shape index (κ3) is 4.58. The molecule has 1 aromatic heterocycles. The van der Waals surface area contributed by atoms with E-state index in [0.717, 1.165) is 18.2 Å². The second-order valence-corrected chi connectivity index (χ2v) is 5.97. The molecule has 0 aliphatic heterocycles. The third-order valence-corrected chi connectivity index (χ3v) is 3.86. The Kier molecular flexibility index (Phi) is 5.51. The Morgan fingerprint density at radius 2 is 1.86 bits per heavy atom. The van der Waals surface area contributed by atoms with Crippen LogP contribution in [0.15, 0.2) is 60.8 Å². The van der Waals surface area contributed by atoms with Crippen LogP contribution < -0.4 is 10.1 Å². The first-order valence-corrected chi connectivity index (χ1v) is 8.18. The van der Waals surface area contributed by atoms with E-state index in [1.54, 1.807) is 0 Å². The van der Waals surface area contributed by atoms with Crippen molar-refractivity contribution < 1.29 is 27.1 Å². The number of pyridine rings is 1. The predicted octanol–water partition coefficient (Wildman–Crippen LogP) is 5.94. The maximum atomic E-state index is 13.2. The molecule has 0 saturated carbocycles. The molecule has 28 heavy (non-hydrogen) atoms. The van der Waals surface area contributed by atoms with E-state index in [1.807, 2.05) is 0 Å². The van der Waals surface area contributed by atoms with Crippen LogP contribution in [0.3, 0.4) is 0 Å². The molecule has 0 spiro atoms. The standard InChI is InChI=1S/C19H11ClF4N2O2/c20-15-10-12(6-7-16(15)21)26-17(27)14-5-2-8-25-18(14)28-13-4-1-3-11(9-13)19(22,23)24/h1-10H,(H,26,27). The lowest BCUT2D eigenvalue weighted by atomic mass is 10.2. The second kappa shape index (κ2) is 7.85. The number of carbonyl (C=O) groups excluding carboxylic acids is 1. The molecule has 0 fully saturated rings. The SMILES string of the molecule is O=C(Nc1ccc(F)c(Cl)c1)c1cccnc1Oc1cccc(C(F)(F)F)c1. The Morgan fingerprint density at radius 3 is 2.57 bits per heavy atom. The minimum absolute atomic E-state index is 0.0274. The highest BCUT2D eigenvalue weighted by Crippen LogP contribution is 2.33. The molecule has 0 bridgehead atoms. The van der Waals surface area contributed by atoms with Gasteiger partial charge in [0, 0.05) is 11.9 Å². The molecular weight excluding hydrogens is 400 g/mol. The van der Waals surface area contributed by atoms with Crippen molar-refractivity contribution in [2.45, 2.75) is 6.18 Å². The van der Waals surface area contributed by atoms with Gasteiger partial charge in [0.2, 0.25) is 5.88 Å². The lowest BCUT2D eigenvalue weighted by Gasteiger charge is -2.12. The summed E-state index contributed by atoms with van der Waals surface area (Å²) in [6.45, 7) is 0. The molecule has 2 aromatic carbocycles. The van der Waals surface area contributed by atoms with Crippen LogP contribution in [0.25, 0.3) is 0 Å². The highest BCUT2D eigenvalue weighted by Gasteiger charge is 2.30. The zero-order valence-electron chi connectivity index (χ0n) is 13.9. The summed E-state index contributed by atoms with van der Waals surface area (Å²) in [5, 5.41) is 2.32.